The molecule has 0 aromatic heterocycles. The third-order valence-corrected chi connectivity index (χ3v) is 7.91. The van der Waals surface area contributed by atoms with E-state index in [9.17, 15) is 9.59 Å². The lowest BCUT2D eigenvalue weighted by atomic mass is 9.59. The molecule has 2 aromatic carbocycles. The molecule has 4 fully saturated rings. The number of ether oxygens (including phenoxy) is 1. The third kappa shape index (κ3) is 3.18. The highest BCUT2D eigenvalue weighted by molar-refractivity contribution is 6.35. The molecule has 4 saturated carbocycles. The van der Waals surface area contributed by atoms with Crippen LogP contribution in [0.15, 0.2) is 36.4 Å². The van der Waals surface area contributed by atoms with Crippen molar-refractivity contribution in [3.63, 3.8) is 0 Å². The zero-order chi connectivity index (χ0) is 21.0. The Morgan fingerprint density at radius 2 is 1.53 bits per heavy atom. The van der Waals surface area contributed by atoms with Crippen LogP contribution in [0.3, 0.4) is 0 Å². The summed E-state index contributed by atoms with van der Waals surface area (Å²) in [6.07, 6.45) is 5.14. The van der Waals surface area contributed by atoms with Crippen molar-refractivity contribution >= 4 is 34.8 Å². The molecule has 156 valence electrons. The highest BCUT2D eigenvalue weighted by Gasteiger charge is 2.59. The number of halogens is 2. The molecule has 0 saturated heterocycles. The summed E-state index contributed by atoms with van der Waals surface area (Å²) in [4.78, 5) is 26.9. The van der Waals surface area contributed by atoms with Crippen LogP contribution in [0.4, 0.5) is 0 Å². The molecule has 3 nitrogen and oxygen atoms in total. The Balaban J connectivity index is 1.51. The number of benzene rings is 2. The number of ketones is 2. The fourth-order valence-electron chi connectivity index (χ4n) is 6.01. The largest absolute Gasteiger partial charge is 0.456 e. The predicted octanol–water partition coefficient (Wildman–Crippen LogP) is 6.64. The van der Waals surface area contributed by atoms with E-state index in [4.69, 9.17) is 27.9 Å². The second-order valence-electron chi connectivity index (χ2n) is 8.86. The lowest BCUT2D eigenvalue weighted by Gasteiger charge is -2.43. The maximum Gasteiger partial charge on any atom is 0.151 e. The molecule has 0 amide bonds. The zero-order valence-electron chi connectivity index (χ0n) is 16.9. The summed E-state index contributed by atoms with van der Waals surface area (Å²) in [6.45, 7) is 2.05. The van der Waals surface area contributed by atoms with Crippen molar-refractivity contribution in [2.24, 2.45) is 23.7 Å². The van der Waals surface area contributed by atoms with Crippen molar-refractivity contribution in [1.29, 1.82) is 0 Å². The molecule has 0 N–H and O–H groups in total. The summed E-state index contributed by atoms with van der Waals surface area (Å²) in [5.41, 5.74) is 1.84. The topological polar surface area (TPSA) is 43.4 Å². The van der Waals surface area contributed by atoms with Gasteiger partial charge in [0.1, 0.15) is 17.4 Å². The van der Waals surface area contributed by atoms with Gasteiger partial charge in [-0.1, -0.05) is 36.2 Å². The molecule has 2 unspecified atom stereocenters. The fraction of sp³-hybridized carbons (Fsp3) is 0.440. The average molecular weight is 443 g/mol. The molecule has 4 aliphatic rings. The first kappa shape index (κ1) is 20.1. The smallest absolute Gasteiger partial charge is 0.151 e. The van der Waals surface area contributed by atoms with E-state index in [1.807, 2.05) is 18.2 Å². The van der Waals surface area contributed by atoms with Crippen LogP contribution in [0.25, 0.3) is 0 Å². The van der Waals surface area contributed by atoms with Crippen molar-refractivity contribution in [3.05, 3.63) is 57.6 Å². The van der Waals surface area contributed by atoms with Crippen molar-refractivity contribution < 1.29 is 14.3 Å². The lowest BCUT2D eigenvalue weighted by molar-refractivity contribution is -0.129. The average Bonchev–Trinajstić information content (AvgIpc) is 3.03. The number of fused-ring (bicyclic) bond motifs is 2. The monoisotopic (exact) mass is 442 g/mol. The second-order valence-corrected chi connectivity index (χ2v) is 9.70. The van der Waals surface area contributed by atoms with Crippen molar-refractivity contribution in [3.8, 4) is 11.5 Å². The predicted molar refractivity (Wildman–Crippen MR) is 118 cm³/mol. The first-order valence-electron chi connectivity index (χ1n) is 10.8. The number of hydrogen-bond donors (Lipinski definition) is 0. The van der Waals surface area contributed by atoms with E-state index >= 15 is 0 Å². The summed E-state index contributed by atoms with van der Waals surface area (Å²) in [5, 5.41) is 0.952. The molecular weight excluding hydrogens is 419 g/mol. The quantitative estimate of drug-likeness (QED) is 0.498. The molecule has 0 spiro atoms. The minimum absolute atomic E-state index is 0.0741. The zero-order valence-corrected chi connectivity index (χ0v) is 18.4. The van der Waals surface area contributed by atoms with Crippen LogP contribution in [-0.4, -0.2) is 11.6 Å². The lowest BCUT2D eigenvalue weighted by Crippen LogP contribution is -2.41. The van der Waals surface area contributed by atoms with Gasteiger partial charge in [0, 0.05) is 16.9 Å². The maximum atomic E-state index is 13.5. The normalized spacial score (nSPS) is 29.9. The third-order valence-electron chi connectivity index (χ3n) is 7.38. The van der Waals surface area contributed by atoms with Crippen LogP contribution >= 0.6 is 23.2 Å². The molecule has 0 aliphatic heterocycles. The van der Waals surface area contributed by atoms with Crippen LogP contribution in [0.5, 0.6) is 11.5 Å². The van der Waals surface area contributed by atoms with Gasteiger partial charge in [-0.05, 0) is 85.4 Å². The number of aryl methyl sites for hydroxylation is 1. The number of Topliss-reactive ketones (excluding diaryl/α,β-unsaturated/α-hetero) is 2. The van der Waals surface area contributed by atoms with Crippen LogP contribution in [0.1, 0.15) is 49.7 Å². The SMILES string of the molecule is CCc1ccc(Oc2ccc(Cl)cc2Cl)cc1C1C(=O)C2C3CCC(CC3)C2C1=O. The van der Waals surface area contributed by atoms with Crippen LogP contribution in [0, 0.1) is 23.7 Å². The Morgan fingerprint density at radius 1 is 0.900 bits per heavy atom. The number of rotatable bonds is 4. The van der Waals surface area contributed by atoms with Gasteiger partial charge in [0.2, 0.25) is 0 Å². The highest BCUT2D eigenvalue weighted by atomic mass is 35.5. The van der Waals surface area contributed by atoms with E-state index < -0.39 is 5.92 Å². The first-order valence-corrected chi connectivity index (χ1v) is 11.6. The molecule has 5 heteroatoms. The van der Waals surface area contributed by atoms with Gasteiger partial charge < -0.3 is 4.74 Å². The summed E-state index contributed by atoms with van der Waals surface area (Å²) in [7, 11) is 0. The molecule has 2 atom stereocenters. The molecule has 2 bridgehead atoms. The first-order chi connectivity index (χ1) is 14.5. The van der Waals surface area contributed by atoms with Gasteiger partial charge >= 0.3 is 0 Å². The maximum absolute atomic E-state index is 13.5. The Labute approximate surface area is 186 Å². The highest BCUT2D eigenvalue weighted by Crippen LogP contribution is 2.56. The summed E-state index contributed by atoms with van der Waals surface area (Å²) >= 11 is 12.2. The molecule has 0 heterocycles. The molecule has 2 aromatic rings. The molecule has 6 rings (SSSR count). The van der Waals surface area contributed by atoms with Gasteiger partial charge in [0.25, 0.3) is 0 Å². The minimum Gasteiger partial charge on any atom is -0.456 e. The van der Waals surface area contributed by atoms with Gasteiger partial charge in [-0.3, -0.25) is 9.59 Å². The van der Waals surface area contributed by atoms with E-state index in [-0.39, 0.29) is 23.4 Å². The van der Waals surface area contributed by atoms with Crippen molar-refractivity contribution in [2.45, 2.75) is 44.9 Å². The van der Waals surface area contributed by atoms with Crippen LogP contribution < -0.4 is 4.74 Å². The van der Waals surface area contributed by atoms with Crippen molar-refractivity contribution in [2.75, 3.05) is 0 Å². The van der Waals surface area contributed by atoms with Gasteiger partial charge in [-0.2, -0.15) is 0 Å². The molecule has 4 aliphatic carbocycles. The van der Waals surface area contributed by atoms with E-state index in [0.29, 0.717) is 33.4 Å². The van der Waals surface area contributed by atoms with E-state index in [2.05, 4.69) is 6.92 Å². The Kier molecular flexibility index (Phi) is 5.15. The summed E-state index contributed by atoms with van der Waals surface area (Å²) < 4.78 is 5.99. The van der Waals surface area contributed by atoms with Crippen molar-refractivity contribution in [1.82, 2.24) is 0 Å². The standard InChI is InChI=1S/C25H24Cl2O3/c1-2-13-7-9-17(30-20-10-8-16(26)11-19(20)27)12-18(13)23-24(28)21-14-3-4-15(6-5-14)22(21)25(23)29/h7-12,14-15,21-23H,2-6H2,1H3. The molecular formula is C25H24Cl2O3. The Hall–Kier alpha value is -1.84. The number of hydrogen-bond acceptors (Lipinski definition) is 3. The molecule has 0 radical (unpaired) electrons. The van der Waals surface area contributed by atoms with Crippen LogP contribution in [-0.2, 0) is 16.0 Å². The van der Waals surface area contributed by atoms with Crippen LogP contribution in [0.2, 0.25) is 10.0 Å². The summed E-state index contributed by atoms with van der Waals surface area (Å²) in [5.74, 6) is 1.31. The Bertz CT molecular complexity index is 993. The van der Waals surface area contributed by atoms with Gasteiger partial charge in [-0.15, -0.1) is 0 Å². The fourth-order valence-corrected chi connectivity index (χ4v) is 6.46. The van der Waals surface area contributed by atoms with Gasteiger partial charge in [0.15, 0.2) is 11.6 Å². The van der Waals surface area contributed by atoms with E-state index in [1.54, 1.807) is 18.2 Å². The number of carbonyl (C=O) groups excluding carboxylic acids is 2. The van der Waals surface area contributed by atoms with E-state index in [0.717, 1.165) is 43.2 Å². The van der Waals surface area contributed by atoms with Gasteiger partial charge in [0.05, 0.1) is 5.02 Å². The second kappa shape index (κ2) is 7.69. The van der Waals surface area contributed by atoms with Gasteiger partial charge in [-0.25, -0.2) is 0 Å². The number of carbonyl (C=O) groups is 2. The minimum atomic E-state index is -0.652. The summed E-state index contributed by atoms with van der Waals surface area (Å²) in [6, 6.07) is 10.8. The Morgan fingerprint density at radius 3 is 2.10 bits per heavy atom. The molecule has 30 heavy (non-hydrogen) atoms. The van der Waals surface area contributed by atoms with E-state index in [1.165, 1.54) is 0 Å².